The van der Waals surface area contributed by atoms with Gasteiger partial charge in [-0.15, -0.1) is 0 Å². The van der Waals surface area contributed by atoms with Gasteiger partial charge in [0.15, 0.2) is 5.78 Å². The molecule has 2 heterocycles. The van der Waals surface area contributed by atoms with Crippen molar-refractivity contribution in [2.75, 3.05) is 0 Å². The summed E-state index contributed by atoms with van der Waals surface area (Å²) in [7, 11) is 0. The number of ketones is 1. The molecule has 0 fully saturated rings. The zero-order valence-electron chi connectivity index (χ0n) is 12.4. The van der Waals surface area contributed by atoms with Crippen molar-refractivity contribution < 1.29 is 13.7 Å². The predicted octanol–water partition coefficient (Wildman–Crippen LogP) is 3.69. The molecule has 0 atom stereocenters. The number of rotatable bonds is 3. The summed E-state index contributed by atoms with van der Waals surface area (Å²) in [4.78, 5) is 19.1. The summed E-state index contributed by atoms with van der Waals surface area (Å²) in [5.41, 5.74) is 3.46. The fraction of sp³-hybridized carbons (Fsp3) is 0.188. The molecule has 0 saturated heterocycles. The highest BCUT2D eigenvalue weighted by molar-refractivity contribution is 5.98. The summed E-state index contributed by atoms with van der Waals surface area (Å²) in [6.45, 7) is 5.17. The lowest BCUT2D eigenvalue weighted by Gasteiger charge is -1.95. The Hall–Kier alpha value is -2.76. The number of nitrogens with one attached hydrogen (secondary N) is 1. The number of nitrogens with zero attached hydrogens (tertiary/aromatic N) is 2. The monoisotopic (exact) mass is 299 g/mol. The largest absolute Gasteiger partial charge is 0.354 e. The molecule has 0 aliphatic carbocycles. The first-order valence-electron chi connectivity index (χ1n) is 6.77. The van der Waals surface area contributed by atoms with Crippen LogP contribution in [0.4, 0.5) is 4.39 Å². The number of aromatic nitrogens is 3. The first kappa shape index (κ1) is 14.2. The Bertz CT molecular complexity index is 847. The molecule has 5 nitrogen and oxygen atoms in total. The second kappa shape index (κ2) is 5.22. The van der Waals surface area contributed by atoms with Gasteiger partial charge in [0.25, 0.3) is 5.89 Å². The van der Waals surface area contributed by atoms with Gasteiger partial charge in [-0.25, -0.2) is 4.39 Å². The maximum Gasteiger partial charge on any atom is 0.274 e. The van der Waals surface area contributed by atoms with Gasteiger partial charge in [-0.3, -0.25) is 4.79 Å². The molecule has 3 aromatic rings. The summed E-state index contributed by atoms with van der Waals surface area (Å²) < 4.78 is 18.2. The molecule has 2 aromatic heterocycles. The molecule has 0 aliphatic rings. The number of hydrogen-bond acceptors (Lipinski definition) is 4. The van der Waals surface area contributed by atoms with E-state index in [1.807, 2.05) is 13.8 Å². The molecule has 0 amide bonds. The second-order valence-electron chi connectivity index (χ2n) is 5.11. The average Bonchev–Trinajstić information content (AvgIpc) is 3.04. The number of carbonyl (C=O) groups excluding carboxylic acids is 1. The van der Waals surface area contributed by atoms with Crippen molar-refractivity contribution in [1.82, 2.24) is 15.1 Å². The Labute approximate surface area is 126 Å². The Morgan fingerprint density at radius 3 is 2.50 bits per heavy atom. The Kier molecular flexibility index (Phi) is 3.36. The highest BCUT2D eigenvalue weighted by Gasteiger charge is 2.20. The van der Waals surface area contributed by atoms with Gasteiger partial charge >= 0.3 is 0 Å². The van der Waals surface area contributed by atoms with Crippen LogP contribution in [-0.4, -0.2) is 20.9 Å². The molecule has 0 unspecified atom stereocenters. The summed E-state index contributed by atoms with van der Waals surface area (Å²) in [6, 6.07) is 5.84. The van der Waals surface area contributed by atoms with Crippen LogP contribution in [-0.2, 0) is 0 Å². The normalized spacial score (nSPS) is 10.9. The molecule has 1 aromatic carbocycles. The third-order valence-corrected chi connectivity index (χ3v) is 3.53. The summed E-state index contributed by atoms with van der Waals surface area (Å²) in [5, 5.41) is 3.90. The van der Waals surface area contributed by atoms with E-state index in [1.165, 1.54) is 19.1 Å². The minimum absolute atomic E-state index is 0.0178. The van der Waals surface area contributed by atoms with E-state index in [0.29, 0.717) is 28.5 Å². The average molecular weight is 299 g/mol. The van der Waals surface area contributed by atoms with Crippen LogP contribution in [0.3, 0.4) is 0 Å². The lowest BCUT2D eigenvalue weighted by molar-refractivity contribution is 0.101. The molecule has 0 aliphatic heterocycles. The van der Waals surface area contributed by atoms with Crippen molar-refractivity contribution in [2.24, 2.45) is 0 Å². The Morgan fingerprint density at radius 1 is 1.23 bits per heavy atom. The van der Waals surface area contributed by atoms with E-state index >= 15 is 0 Å². The second-order valence-corrected chi connectivity index (χ2v) is 5.11. The van der Waals surface area contributed by atoms with Crippen LogP contribution in [0.2, 0.25) is 0 Å². The molecule has 112 valence electrons. The number of halogens is 1. The molecule has 0 radical (unpaired) electrons. The SMILES string of the molecule is CC(=O)c1c(C)[nH]c(-c2nc(-c3ccc(F)cc3)no2)c1C. The Morgan fingerprint density at radius 2 is 1.91 bits per heavy atom. The van der Waals surface area contributed by atoms with Gasteiger partial charge in [-0.05, 0) is 50.6 Å². The Balaban J connectivity index is 2.03. The first-order valence-corrected chi connectivity index (χ1v) is 6.77. The molecule has 0 spiro atoms. The topological polar surface area (TPSA) is 71.8 Å². The van der Waals surface area contributed by atoms with Crippen molar-refractivity contribution in [2.45, 2.75) is 20.8 Å². The van der Waals surface area contributed by atoms with Crippen molar-refractivity contribution in [3.63, 3.8) is 0 Å². The van der Waals surface area contributed by atoms with Gasteiger partial charge in [-0.1, -0.05) is 5.16 Å². The van der Waals surface area contributed by atoms with Gasteiger partial charge < -0.3 is 9.51 Å². The minimum Gasteiger partial charge on any atom is -0.354 e. The van der Waals surface area contributed by atoms with E-state index in [4.69, 9.17) is 4.52 Å². The van der Waals surface area contributed by atoms with Gasteiger partial charge in [0, 0.05) is 16.8 Å². The standard InChI is InChI=1S/C16H14FN3O2/c1-8-13(10(3)21)9(2)18-14(8)16-19-15(20-22-16)11-4-6-12(17)7-5-11/h4-7,18H,1-3H3. The number of Topliss-reactive ketones (excluding diaryl/α,β-unsaturated/α-hetero) is 1. The molecule has 1 N–H and O–H groups in total. The highest BCUT2D eigenvalue weighted by Crippen LogP contribution is 2.28. The van der Waals surface area contributed by atoms with Crippen LogP contribution in [0, 0.1) is 19.7 Å². The van der Waals surface area contributed by atoms with Crippen LogP contribution >= 0.6 is 0 Å². The minimum atomic E-state index is -0.325. The van der Waals surface area contributed by atoms with Gasteiger partial charge in [0.2, 0.25) is 5.82 Å². The fourth-order valence-corrected chi connectivity index (χ4v) is 2.53. The van der Waals surface area contributed by atoms with Crippen LogP contribution in [0.25, 0.3) is 23.0 Å². The van der Waals surface area contributed by atoms with Crippen molar-refractivity contribution in [3.05, 3.63) is 46.9 Å². The van der Waals surface area contributed by atoms with E-state index in [0.717, 1.165) is 11.3 Å². The molecule has 6 heteroatoms. The lowest BCUT2D eigenvalue weighted by atomic mass is 10.1. The fourth-order valence-electron chi connectivity index (χ4n) is 2.53. The number of benzene rings is 1. The van der Waals surface area contributed by atoms with Gasteiger partial charge in [0.05, 0.1) is 0 Å². The number of hydrogen-bond donors (Lipinski definition) is 1. The molecule has 22 heavy (non-hydrogen) atoms. The first-order chi connectivity index (χ1) is 10.5. The highest BCUT2D eigenvalue weighted by atomic mass is 19.1. The molecule has 0 saturated carbocycles. The third-order valence-electron chi connectivity index (χ3n) is 3.53. The summed E-state index contributed by atoms with van der Waals surface area (Å²) in [5.74, 6) is 0.323. The quantitative estimate of drug-likeness (QED) is 0.749. The summed E-state index contributed by atoms with van der Waals surface area (Å²) >= 11 is 0. The van der Waals surface area contributed by atoms with Crippen LogP contribution in [0.1, 0.15) is 28.5 Å². The van der Waals surface area contributed by atoms with E-state index < -0.39 is 0 Å². The van der Waals surface area contributed by atoms with Crippen LogP contribution < -0.4 is 0 Å². The van der Waals surface area contributed by atoms with E-state index in [9.17, 15) is 9.18 Å². The van der Waals surface area contributed by atoms with Crippen LogP contribution in [0.5, 0.6) is 0 Å². The maximum atomic E-state index is 12.9. The zero-order valence-corrected chi connectivity index (χ0v) is 12.4. The van der Waals surface area contributed by atoms with E-state index in [2.05, 4.69) is 15.1 Å². The predicted molar refractivity (Wildman–Crippen MR) is 79.0 cm³/mol. The third kappa shape index (κ3) is 2.32. The van der Waals surface area contributed by atoms with E-state index in [-0.39, 0.29) is 11.6 Å². The van der Waals surface area contributed by atoms with Gasteiger partial charge in [0.1, 0.15) is 11.5 Å². The van der Waals surface area contributed by atoms with Crippen LogP contribution in [0.15, 0.2) is 28.8 Å². The van der Waals surface area contributed by atoms with Crippen molar-refractivity contribution in [1.29, 1.82) is 0 Å². The number of aromatic amines is 1. The maximum absolute atomic E-state index is 12.9. The van der Waals surface area contributed by atoms with Crippen molar-refractivity contribution >= 4 is 5.78 Å². The lowest BCUT2D eigenvalue weighted by Crippen LogP contribution is -1.94. The van der Waals surface area contributed by atoms with Crippen molar-refractivity contribution in [3.8, 4) is 23.0 Å². The number of H-pyrrole nitrogens is 1. The molecular weight excluding hydrogens is 285 g/mol. The summed E-state index contributed by atoms with van der Waals surface area (Å²) in [6.07, 6.45) is 0. The van der Waals surface area contributed by atoms with Gasteiger partial charge in [-0.2, -0.15) is 4.98 Å². The number of aryl methyl sites for hydroxylation is 1. The smallest absolute Gasteiger partial charge is 0.274 e. The molecule has 3 rings (SSSR count). The number of carbonyl (C=O) groups is 1. The molecule has 0 bridgehead atoms. The molecular formula is C16H14FN3O2. The zero-order chi connectivity index (χ0) is 15.9. The van der Waals surface area contributed by atoms with E-state index in [1.54, 1.807) is 12.1 Å².